The Morgan fingerprint density at radius 2 is 1.96 bits per heavy atom. The molecule has 5 nitrogen and oxygen atoms in total. The number of nitrogens with zero attached hydrogens (tertiary/aromatic N) is 3. The van der Waals surface area contributed by atoms with Gasteiger partial charge in [0, 0.05) is 7.05 Å². The summed E-state index contributed by atoms with van der Waals surface area (Å²) >= 11 is 18.3. The van der Waals surface area contributed by atoms with Gasteiger partial charge in [-0.3, -0.25) is 9.69 Å². The molecule has 1 aliphatic rings. The quantitative estimate of drug-likeness (QED) is 0.366. The zero-order chi connectivity index (χ0) is 17.4. The van der Waals surface area contributed by atoms with E-state index in [-0.39, 0.29) is 17.4 Å². The van der Waals surface area contributed by atoms with E-state index in [1.165, 1.54) is 25.2 Å². The normalized spacial score (nSPS) is 19.0. The molecule has 1 unspecified atom stereocenters. The Labute approximate surface area is 158 Å². The fraction of sp³-hybridized carbons (Fsp3) is 0.308. The number of rotatable bonds is 4. The first-order valence-corrected chi connectivity index (χ1v) is 8.78. The average molecular weight is 490 g/mol. The van der Waals surface area contributed by atoms with Gasteiger partial charge in [0.1, 0.15) is 9.05 Å². The van der Waals surface area contributed by atoms with Gasteiger partial charge in [-0.15, -0.1) is 11.6 Å². The number of alkyl halides is 4. The summed E-state index contributed by atoms with van der Waals surface area (Å²) in [6.07, 6.45) is 0. The van der Waals surface area contributed by atoms with Gasteiger partial charge in [0.25, 0.3) is 0 Å². The molecule has 1 atom stereocenters. The van der Waals surface area contributed by atoms with E-state index in [0.717, 1.165) is 11.0 Å². The molecule has 23 heavy (non-hydrogen) atoms. The number of amidine groups is 1. The van der Waals surface area contributed by atoms with Crippen molar-refractivity contribution in [2.45, 2.75) is 8.73 Å². The van der Waals surface area contributed by atoms with Crippen molar-refractivity contribution in [1.29, 1.82) is 0 Å². The number of carbonyl (C=O) groups excluding carboxylic acids is 2. The first kappa shape index (κ1) is 18.6. The third-order valence-corrected chi connectivity index (χ3v) is 6.54. The van der Waals surface area contributed by atoms with Crippen LogP contribution < -0.4 is 4.90 Å². The molecular weight excluding hydrogens is 480 g/mol. The van der Waals surface area contributed by atoms with Crippen LogP contribution in [0.1, 0.15) is 0 Å². The zero-order valence-electron chi connectivity index (χ0n) is 11.6. The lowest BCUT2D eigenvalue weighted by atomic mass is 10.3. The Balaban J connectivity index is 2.41. The Bertz CT molecular complexity index is 687. The maximum atomic E-state index is 13.9. The lowest BCUT2D eigenvalue weighted by Gasteiger charge is -2.20. The minimum absolute atomic E-state index is 0.0564. The molecule has 1 aliphatic heterocycles. The van der Waals surface area contributed by atoms with Crippen molar-refractivity contribution in [2.24, 2.45) is 4.99 Å². The van der Waals surface area contributed by atoms with E-state index in [9.17, 15) is 14.0 Å². The van der Waals surface area contributed by atoms with Gasteiger partial charge in [-0.2, -0.15) is 0 Å². The molecule has 3 amide bonds. The molecule has 1 fully saturated rings. The SMILES string of the molecule is CN1C(=O)N(c2ccccc2F)C(=O)C1=NC(Cl)C(Br)(Br)CCl. The third kappa shape index (κ3) is 3.55. The van der Waals surface area contributed by atoms with Gasteiger partial charge in [0.05, 0.1) is 11.6 Å². The Kier molecular flexibility index (Phi) is 5.71. The van der Waals surface area contributed by atoms with Crippen LogP contribution >= 0.6 is 55.1 Å². The molecule has 1 saturated heterocycles. The third-order valence-electron chi connectivity index (χ3n) is 3.05. The highest BCUT2D eigenvalue weighted by molar-refractivity contribution is 9.25. The number of hydrogen-bond donors (Lipinski definition) is 0. The minimum atomic E-state index is -0.977. The van der Waals surface area contributed by atoms with Crippen LogP contribution in [0.5, 0.6) is 0 Å². The second-order valence-corrected chi connectivity index (χ2v) is 9.19. The van der Waals surface area contributed by atoms with Crippen LogP contribution in [0, 0.1) is 5.82 Å². The van der Waals surface area contributed by atoms with Crippen LogP contribution in [0.2, 0.25) is 0 Å². The molecule has 0 aromatic heterocycles. The first-order valence-electron chi connectivity index (χ1n) is 6.23. The molecule has 0 aliphatic carbocycles. The lowest BCUT2D eigenvalue weighted by molar-refractivity contribution is -0.111. The highest BCUT2D eigenvalue weighted by Gasteiger charge is 2.44. The van der Waals surface area contributed by atoms with Crippen LogP contribution in [0.25, 0.3) is 0 Å². The molecule has 0 radical (unpaired) electrons. The molecule has 0 N–H and O–H groups in total. The summed E-state index contributed by atoms with van der Waals surface area (Å²) < 4.78 is 12.9. The molecule has 0 saturated carbocycles. The first-order chi connectivity index (χ1) is 10.7. The van der Waals surface area contributed by atoms with Crippen molar-refractivity contribution in [3.63, 3.8) is 0 Å². The second kappa shape index (κ2) is 7.04. The zero-order valence-corrected chi connectivity index (χ0v) is 16.3. The molecule has 2 rings (SSSR count). The minimum Gasteiger partial charge on any atom is -0.276 e. The summed E-state index contributed by atoms with van der Waals surface area (Å²) in [4.78, 5) is 30.5. The lowest BCUT2D eigenvalue weighted by Crippen LogP contribution is -2.32. The number of imide groups is 1. The van der Waals surface area contributed by atoms with E-state index in [0.29, 0.717) is 4.90 Å². The molecule has 1 aromatic carbocycles. The summed E-state index contributed by atoms with van der Waals surface area (Å²) in [7, 11) is 1.36. The molecule has 1 aromatic rings. The number of carbonyl (C=O) groups is 2. The predicted octanol–water partition coefficient (Wildman–Crippen LogP) is 3.91. The standard InChI is InChI=1S/C13H10Br2Cl2FN3O2/c1-20-9(19-11(17)13(14,15)6-16)10(22)21(12(20)23)8-5-3-2-4-7(8)18/h2-5,11H,6H2,1H3. The van der Waals surface area contributed by atoms with Crippen molar-refractivity contribution < 1.29 is 14.0 Å². The molecular formula is C13H10Br2Cl2FN3O2. The van der Waals surface area contributed by atoms with E-state index < -0.39 is 26.5 Å². The largest absolute Gasteiger partial charge is 0.337 e. The maximum absolute atomic E-state index is 13.9. The fourth-order valence-corrected chi connectivity index (χ4v) is 2.42. The van der Waals surface area contributed by atoms with Crippen molar-refractivity contribution in [2.75, 3.05) is 17.8 Å². The predicted molar refractivity (Wildman–Crippen MR) is 95.4 cm³/mol. The molecule has 1 heterocycles. The Morgan fingerprint density at radius 1 is 1.35 bits per heavy atom. The van der Waals surface area contributed by atoms with Crippen LogP contribution in [-0.2, 0) is 4.79 Å². The summed E-state index contributed by atoms with van der Waals surface area (Å²) in [5.41, 5.74) is -1.12. The summed E-state index contributed by atoms with van der Waals surface area (Å²) in [5.74, 6) is -1.60. The number of likely N-dealkylation sites (N-methyl/N-ethyl adjacent to an activating group) is 1. The second-order valence-electron chi connectivity index (χ2n) is 4.62. The number of hydrogen-bond acceptors (Lipinski definition) is 3. The van der Waals surface area contributed by atoms with E-state index in [1.54, 1.807) is 0 Å². The van der Waals surface area contributed by atoms with Crippen LogP contribution in [0.15, 0.2) is 29.3 Å². The number of para-hydroxylation sites is 1. The van der Waals surface area contributed by atoms with Gasteiger partial charge < -0.3 is 0 Å². The number of aliphatic imine (C=N–C) groups is 1. The summed E-state index contributed by atoms with van der Waals surface area (Å²) in [5, 5.41) is 0. The topological polar surface area (TPSA) is 53.0 Å². The number of anilines is 1. The van der Waals surface area contributed by atoms with Gasteiger partial charge >= 0.3 is 11.9 Å². The Hall–Kier alpha value is -0.700. The summed E-state index contributed by atoms with van der Waals surface area (Å²) in [6, 6.07) is 4.75. The van der Waals surface area contributed by atoms with Crippen LogP contribution in [0.3, 0.4) is 0 Å². The van der Waals surface area contributed by atoms with Crippen molar-refractivity contribution in [1.82, 2.24) is 4.90 Å². The summed E-state index contributed by atoms with van der Waals surface area (Å²) in [6.45, 7) is 0. The number of urea groups is 1. The maximum Gasteiger partial charge on any atom is 0.337 e. The Morgan fingerprint density at radius 3 is 2.52 bits per heavy atom. The monoisotopic (exact) mass is 487 g/mol. The number of amides is 3. The van der Waals surface area contributed by atoms with Gasteiger partial charge in [-0.05, 0) is 12.1 Å². The van der Waals surface area contributed by atoms with Crippen molar-refractivity contribution in [3.05, 3.63) is 30.1 Å². The van der Waals surface area contributed by atoms with Crippen molar-refractivity contribution >= 4 is 78.5 Å². The fourth-order valence-electron chi connectivity index (χ4n) is 1.82. The molecule has 124 valence electrons. The van der Waals surface area contributed by atoms with Gasteiger partial charge in [0.15, 0.2) is 5.50 Å². The van der Waals surface area contributed by atoms with Gasteiger partial charge in [-0.25, -0.2) is 19.1 Å². The molecule has 0 spiro atoms. The van der Waals surface area contributed by atoms with E-state index in [4.69, 9.17) is 23.2 Å². The van der Waals surface area contributed by atoms with Gasteiger partial charge in [0.2, 0.25) is 5.84 Å². The van der Waals surface area contributed by atoms with Crippen molar-refractivity contribution in [3.8, 4) is 0 Å². The highest BCUT2D eigenvalue weighted by Crippen LogP contribution is 2.36. The van der Waals surface area contributed by atoms with Crippen LogP contribution in [0.4, 0.5) is 14.9 Å². The van der Waals surface area contributed by atoms with Gasteiger partial charge in [-0.1, -0.05) is 55.6 Å². The highest BCUT2D eigenvalue weighted by atomic mass is 79.9. The molecule has 0 bridgehead atoms. The van der Waals surface area contributed by atoms with Crippen LogP contribution in [-0.4, -0.2) is 44.3 Å². The number of benzene rings is 1. The van der Waals surface area contributed by atoms with E-state index in [1.807, 2.05) is 0 Å². The smallest absolute Gasteiger partial charge is 0.276 e. The average Bonchev–Trinajstić information content (AvgIpc) is 2.72. The van der Waals surface area contributed by atoms with E-state index in [2.05, 4.69) is 36.9 Å². The molecule has 10 heteroatoms. The number of halogens is 5. The van der Waals surface area contributed by atoms with E-state index >= 15 is 0 Å².